The number of benzene rings is 1. The van der Waals surface area contributed by atoms with Crippen molar-refractivity contribution >= 4 is 28.4 Å². The third-order valence-electron chi connectivity index (χ3n) is 3.35. The number of methoxy groups -OCH3 is 1. The molecule has 1 fully saturated rings. The second-order valence-electron chi connectivity index (χ2n) is 5.11. The summed E-state index contributed by atoms with van der Waals surface area (Å²) in [6.45, 7) is 1.58. The largest absolute Gasteiger partial charge is 0.465 e. The van der Waals surface area contributed by atoms with Gasteiger partial charge < -0.3 is 10.1 Å². The van der Waals surface area contributed by atoms with Crippen molar-refractivity contribution in [1.29, 1.82) is 0 Å². The topological polar surface area (TPSA) is 84.5 Å². The Hall–Kier alpha value is -1.15. The molecule has 1 aliphatic heterocycles. The monoisotopic (exact) mass is 348 g/mol. The van der Waals surface area contributed by atoms with Crippen LogP contribution in [0.15, 0.2) is 24.3 Å². The molecule has 0 bridgehead atoms. The van der Waals surface area contributed by atoms with Gasteiger partial charge in [-0.15, -0.1) is 12.4 Å². The Kier molecular flexibility index (Phi) is 7.28. The van der Waals surface area contributed by atoms with Crippen LogP contribution in [0.3, 0.4) is 0 Å². The number of carbonyl (C=O) groups is 1. The van der Waals surface area contributed by atoms with Crippen LogP contribution in [-0.2, 0) is 20.5 Å². The molecule has 1 aromatic carbocycles. The summed E-state index contributed by atoms with van der Waals surface area (Å²) in [7, 11) is -2.13. The van der Waals surface area contributed by atoms with Gasteiger partial charge in [0.15, 0.2) is 0 Å². The van der Waals surface area contributed by atoms with E-state index in [0.29, 0.717) is 17.7 Å². The molecule has 2 rings (SSSR count). The number of hydrogen-bond acceptors (Lipinski definition) is 5. The van der Waals surface area contributed by atoms with E-state index in [-0.39, 0.29) is 24.2 Å². The molecule has 22 heavy (non-hydrogen) atoms. The van der Waals surface area contributed by atoms with Crippen LogP contribution in [0, 0.1) is 0 Å². The first-order chi connectivity index (χ1) is 10.00. The van der Waals surface area contributed by atoms with E-state index in [0.717, 1.165) is 19.4 Å². The quantitative estimate of drug-likeness (QED) is 0.777. The van der Waals surface area contributed by atoms with Gasteiger partial charge >= 0.3 is 5.97 Å². The van der Waals surface area contributed by atoms with Gasteiger partial charge in [-0.3, -0.25) is 0 Å². The van der Waals surface area contributed by atoms with Crippen LogP contribution in [0.5, 0.6) is 0 Å². The van der Waals surface area contributed by atoms with E-state index in [1.165, 1.54) is 7.11 Å². The van der Waals surface area contributed by atoms with Gasteiger partial charge in [-0.2, -0.15) is 0 Å². The number of carbonyl (C=O) groups excluding carboxylic acids is 1. The predicted octanol–water partition coefficient (Wildman–Crippen LogP) is 1.07. The predicted molar refractivity (Wildman–Crippen MR) is 86.7 cm³/mol. The lowest BCUT2D eigenvalue weighted by Crippen LogP contribution is -2.45. The van der Waals surface area contributed by atoms with Crippen molar-refractivity contribution in [3.8, 4) is 0 Å². The van der Waals surface area contributed by atoms with E-state index in [4.69, 9.17) is 0 Å². The number of halogens is 1. The highest BCUT2D eigenvalue weighted by Crippen LogP contribution is 2.11. The van der Waals surface area contributed by atoms with Crippen LogP contribution in [0.4, 0.5) is 0 Å². The molecular weight excluding hydrogens is 328 g/mol. The average Bonchev–Trinajstić information content (AvgIpc) is 2.46. The summed E-state index contributed by atoms with van der Waals surface area (Å²) in [5.74, 6) is -0.618. The van der Waals surface area contributed by atoms with Crippen molar-refractivity contribution in [2.24, 2.45) is 0 Å². The number of esters is 1. The summed E-state index contributed by atoms with van der Waals surface area (Å²) in [5.41, 5.74) is 0.915. The fourth-order valence-electron chi connectivity index (χ4n) is 2.37. The Morgan fingerprint density at radius 1 is 1.45 bits per heavy atom. The minimum Gasteiger partial charge on any atom is -0.465 e. The van der Waals surface area contributed by atoms with Crippen LogP contribution >= 0.6 is 12.4 Å². The zero-order chi connectivity index (χ0) is 15.3. The minimum absolute atomic E-state index is 0. The van der Waals surface area contributed by atoms with Gasteiger partial charge in [-0.1, -0.05) is 12.1 Å². The van der Waals surface area contributed by atoms with E-state index in [1.807, 2.05) is 0 Å². The van der Waals surface area contributed by atoms with Crippen LogP contribution in [0.1, 0.15) is 28.8 Å². The summed E-state index contributed by atoms with van der Waals surface area (Å²) in [4.78, 5) is 11.5. The molecule has 6 nitrogen and oxygen atoms in total. The molecule has 0 saturated carbocycles. The molecule has 0 spiro atoms. The first-order valence-electron chi connectivity index (χ1n) is 6.88. The van der Waals surface area contributed by atoms with Gasteiger partial charge in [-0.05, 0) is 37.1 Å². The van der Waals surface area contributed by atoms with Crippen LogP contribution < -0.4 is 10.0 Å². The fraction of sp³-hybridized carbons (Fsp3) is 0.500. The number of hydrogen-bond donors (Lipinski definition) is 2. The highest BCUT2D eigenvalue weighted by Gasteiger charge is 2.20. The van der Waals surface area contributed by atoms with Crippen LogP contribution in [-0.4, -0.2) is 40.6 Å². The molecule has 1 aliphatic rings. The second-order valence-corrected chi connectivity index (χ2v) is 6.87. The SMILES string of the molecule is COC(=O)c1cccc(CS(=O)(=O)N[C@@H]2CCCNC2)c1.Cl. The van der Waals surface area contributed by atoms with Crippen LogP contribution in [0.25, 0.3) is 0 Å². The van der Waals surface area contributed by atoms with Crippen molar-refractivity contribution in [2.75, 3.05) is 20.2 Å². The highest BCUT2D eigenvalue weighted by atomic mass is 35.5. The lowest BCUT2D eigenvalue weighted by atomic mass is 10.1. The summed E-state index contributed by atoms with van der Waals surface area (Å²) in [5, 5.41) is 3.16. The molecule has 1 atom stereocenters. The molecule has 1 heterocycles. The molecule has 8 heteroatoms. The van der Waals surface area contributed by atoms with Gasteiger partial charge in [0.1, 0.15) is 0 Å². The molecule has 0 unspecified atom stereocenters. The summed E-state index contributed by atoms with van der Waals surface area (Å²) in [6.07, 6.45) is 1.81. The molecule has 0 aromatic heterocycles. The Morgan fingerprint density at radius 3 is 2.86 bits per heavy atom. The first kappa shape index (κ1) is 18.9. The molecule has 1 aromatic rings. The third-order valence-corrected chi connectivity index (χ3v) is 4.75. The van der Waals surface area contributed by atoms with E-state index in [2.05, 4.69) is 14.8 Å². The highest BCUT2D eigenvalue weighted by molar-refractivity contribution is 7.88. The number of ether oxygens (including phenoxy) is 1. The number of piperidine rings is 1. The molecule has 0 amide bonds. The minimum atomic E-state index is -3.43. The van der Waals surface area contributed by atoms with Gasteiger partial charge in [0.2, 0.25) is 10.0 Å². The van der Waals surface area contributed by atoms with Crippen molar-refractivity contribution in [1.82, 2.24) is 10.0 Å². The molecule has 1 saturated heterocycles. The third kappa shape index (κ3) is 5.57. The molecule has 2 N–H and O–H groups in total. The second kappa shape index (κ2) is 8.47. The molecular formula is C14H21ClN2O4S. The van der Waals surface area contributed by atoms with Gasteiger partial charge in [0, 0.05) is 12.6 Å². The Balaban J connectivity index is 0.00000242. The fourth-order valence-corrected chi connectivity index (χ4v) is 3.78. The van der Waals surface area contributed by atoms with E-state index in [1.54, 1.807) is 24.3 Å². The summed E-state index contributed by atoms with van der Waals surface area (Å²) in [6, 6.07) is 6.42. The normalized spacial score (nSPS) is 18.3. The molecule has 124 valence electrons. The lowest BCUT2D eigenvalue weighted by molar-refractivity contribution is 0.0600. The molecule has 0 radical (unpaired) electrons. The Bertz CT molecular complexity index is 601. The molecule has 0 aliphatic carbocycles. The van der Waals surface area contributed by atoms with E-state index >= 15 is 0 Å². The first-order valence-corrected chi connectivity index (χ1v) is 8.53. The Morgan fingerprint density at radius 2 is 2.23 bits per heavy atom. The van der Waals surface area contributed by atoms with E-state index in [9.17, 15) is 13.2 Å². The zero-order valence-electron chi connectivity index (χ0n) is 12.4. The number of sulfonamides is 1. The lowest BCUT2D eigenvalue weighted by Gasteiger charge is -2.23. The van der Waals surface area contributed by atoms with Crippen molar-refractivity contribution in [3.63, 3.8) is 0 Å². The summed E-state index contributed by atoms with van der Waals surface area (Å²) >= 11 is 0. The maximum atomic E-state index is 12.2. The average molecular weight is 349 g/mol. The standard InChI is InChI=1S/C14H20N2O4S.ClH/c1-20-14(17)12-5-2-4-11(8-12)10-21(18,19)16-13-6-3-7-15-9-13;/h2,4-5,8,13,15-16H,3,6-7,9-10H2,1H3;1H/t13-;/m1./s1. The van der Waals surface area contributed by atoms with Crippen molar-refractivity contribution in [3.05, 3.63) is 35.4 Å². The van der Waals surface area contributed by atoms with Gasteiger partial charge in [0.25, 0.3) is 0 Å². The number of nitrogens with one attached hydrogen (secondary N) is 2. The smallest absolute Gasteiger partial charge is 0.337 e. The Labute approximate surface area is 137 Å². The van der Waals surface area contributed by atoms with Crippen molar-refractivity contribution < 1.29 is 17.9 Å². The van der Waals surface area contributed by atoms with Gasteiger partial charge in [-0.25, -0.2) is 17.9 Å². The zero-order valence-corrected chi connectivity index (χ0v) is 14.0. The van der Waals surface area contributed by atoms with Crippen LogP contribution in [0.2, 0.25) is 0 Å². The maximum absolute atomic E-state index is 12.2. The number of rotatable bonds is 5. The maximum Gasteiger partial charge on any atom is 0.337 e. The summed E-state index contributed by atoms with van der Waals surface area (Å²) < 4.78 is 31.7. The van der Waals surface area contributed by atoms with E-state index < -0.39 is 16.0 Å². The van der Waals surface area contributed by atoms with Crippen molar-refractivity contribution in [2.45, 2.75) is 24.6 Å². The van der Waals surface area contributed by atoms with Gasteiger partial charge in [0.05, 0.1) is 18.4 Å².